The molecule has 0 saturated heterocycles. The van der Waals surface area contributed by atoms with Crippen LogP contribution in [0.3, 0.4) is 0 Å². The first-order valence-electron chi connectivity index (χ1n) is 7.25. The molecule has 0 amide bonds. The Labute approximate surface area is 145 Å². The number of aromatic nitrogens is 2. The van der Waals surface area contributed by atoms with Crippen molar-refractivity contribution in [2.24, 2.45) is 5.73 Å². The van der Waals surface area contributed by atoms with E-state index in [-0.39, 0.29) is 0 Å². The molecular formula is C18H16ClN3S. The normalized spacial score (nSPS) is 10.7. The Bertz CT molecular complexity index is 824. The number of nitrogens with two attached hydrogens (primary N) is 1. The van der Waals surface area contributed by atoms with Gasteiger partial charge in [0.25, 0.3) is 0 Å². The predicted molar refractivity (Wildman–Crippen MR) is 97.9 cm³/mol. The molecule has 0 aliphatic carbocycles. The highest BCUT2D eigenvalue weighted by atomic mass is 35.5. The van der Waals surface area contributed by atoms with Crippen molar-refractivity contribution >= 4 is 28.8 Å². The van der Waals surface area contributed by atoms with Gasteiger partial charge in [0.05, 0.1) is 0 Å². The van der Waals surface area contributed by atoms with E-state index in [1.54, 1.807) is 0 Å². The number of imidazole rings is 1. The monoisotopic (exact) mass is 341 g/mol. The molecule has 1 heterocycles. The molecule has 0 aliphatic rings. The van der Waals surface area contributed by atoms with Gasteiger partial charge >= 0.3 is 0 Å². The van der Waals surface area contributed by atoms with Crippen molar-refractivity contribution in [3.05, 3.63) is 88.5 Å². The van der Waals surface area contributed by atoms with Gasteiger partial charge in [-0.25, -0.2) is 4.98 Å². The minimum absolute atomic E-state index is 0.417. The fourth-order valence-electron chi connectivity index (χ4n) is 2.52. The quantitative estimate of drug-likeness (QED) is 0.718. The van der Waals surface area contributed by atoms with Gasteiger partial charge in [-0.2, -0.15) is 0 Å². The van der Waals surface area contributed by atoms with Crippen molar-refractivity contribution < 1.29 is 0 Å². The molecule has 2 N–H and O–H groups in total. The molecule has 2 aromatic carbocycles. The van der Waals surface area contributed by atoms with Gasteiger partial charge in [0, 0.05) is 35.9 Å². The Kier molecular flexibility index (Phi) is 4.74. The SMILES string of the molecule is NC(=S)c1ccccc1Cn1ccnc1Cc1ccc(Cl)cc1. The van der Waals surface area contributed by atoms with Crippen LogP contribution in [0.2, 0.25) is 5.02 Å². The van der Waals surface area contributed by atoms with Crippen molar-refractivity contribution in [2.45, 2.75) is 13.0 Å². The number of rotatable bonds is 5. The van der Waals surface area contributed by atoms with Crippen LogP contribution in [0.25, 0.3) is 0 Å². The Morgan fingerprint density at radius 1 is 1.13 bits per heavy atom. The molecular weight excluding hydrogens is 326 g/mol. The first kappa shape index (κ1) is 15.7. The molecule has 23 heavy (non-hydrogen) atoms. The van der Waals surface area contributed by atoms with Crippen LogP contribution >= 0.6 is 23.8 Å². The summed E-state index contributed by atoms with van der Waals surface area (Å²) in [5, 5.41) is 0.738. The minimum atomic E-state index is 0.417. The molecule has 3 nitrogen and oxygen atoms in total. The summed E-state index contributed by atoms with van der Waals surface area (Å²) in [6, 6.07) is 15.8. The van der Waals surface area contributed by atoms with E-state index in [9.17, 15) is 0 Å². The summed E-state index contributed by atoms with van der Waals surface area (Å²) in [5.74, 6) is 0.991. The third-order valence-corrected chi connectivity index (χ3v) is 4.17. The molecule has 0 spiro atoms. The highest BCUT2D eigenvalue weighted by Gasteiger charge is 2.09. The predicted octanol–water partition coefficient (Wildman–Crippen LogP) is 3.81. The molecule has 0 atom stereocenters. The topological polar surface area (TPSA) is 43.8 Å². The second-order valence-electron chi connectivity index (χ2n) is 5.30. The Morgan fingerprint density at radius 3 is 2.61 bits per heavy atom. The molecule has 0 unspecified atom stereocenters. The molecule has 0 bridgehead atoms. The zero-order valence-electron chi connectivity index (χ0n) is 12.4. The van der Waals surface area contributed by atoms with Crippen LogP contribution in [0.5, 0.6) is 0 Å². The highest BCUT2D eigenvalue weighted by Crippen LogP contribution is 2.15. The maximum atomic E-state index is 5.93. The van der Waals surface area contributed by atoms with E-state index in [2.05, 4.69) is 9.55 Å². The fourth-order valence-corrected chi connectivity index (χ4v) is 2.84. The number of hydrogen-bond acceptors (Lipinski definition) is 2. The summed E-state index contributed by atoms with van der Waals surface area (Å²) in [6.45, 7) is 0.691. The molecule has 0 radical (unpaired) electrons. The summed E-state index contributed by atoms with van der Waals surface area (Å²) < 4.78 is 2.12. The van der Waals surface area contributed by atoms with Gasteiger partial charge in [0.1, 0.15) is 10.8 Å². The van der Waals surface area contributed by atoms with Gasteiger partial charge in [0.15, 0.2) is 0 Å². The first-order valence-corrected chi connectivity index (χ1v) is 8.04. The third kappa shape index (κ3) is 3.78. The largest absolute Gasteiger partial charge is 0.389 e. The Hall–Kier alpha value is -2.17. The molecule has 1 aromatic heterocycles. The van der Waals surface area contributed by atoms with E-state index in [4.69, 9.17) is 29.6 Å². The molecule has 0 aliphatic heterocycles. The smallest absolute Gasteiger partial charge is 0.113 e. The molecule has 0 fully saturated rings. The van der Waals surface area contributed by atoms with Crippen molar-refractivity contribution in [3.8, 4) is 0 Å². The van der Waals surface area contributed by atoms with Crippen molar-refractivity contribution in [1.82, 2.24) is 9.55 Å². The van der Waals surface area contributed by atoms with Gasteiger partial charge < -0.3 is 10.3 Å². The standard InChI is InChI=1S/C18H16ClN3S/c19-15-7-5-13(6-8-15)11-17-21-9-10-22(17)12-14-3-1-2-4-16(14)18(20)23/h1-10H,11-12H2,(H2,20,23). The van der Waals surface area contributed by atoms with Crippen LogP contribution < -0.4 is 5.73 Å². The lowest BCUT2D eigenvalue weighted by Gasteiger charge is -2.11. The number of thiocarbonyl (C=S) groups is 1. The zero-order chi connectivity index (χ0) is 16.2. The number of halogens is 1. The summed E-state index contributed by atoms with van der Waals surface area (Å²) in [4.78, 5) is 4.89. The van der Waals surface area contributed by atoms with Crippen LogP contribution in [-0.4, -0.2) is 14.5 Å². The summed E-state index contributed by atoms with van der Waals surface area (Å²) >= 11 is 11.1. The molecule has 3 aromatic rings. The average molecular weight is 342 g/mol. The fraction of sp³-hybridized carbons (Fsp3) is 0.111. The Balaban J connectivity index is 1.84. The van der Waals surface area contributed by atoms with E-state index in [0.717, 1.165) is 28.4 Å². The van der Waals surface area contributed by atoms with Crippen molar-refractivity contribution in [1.29, 1.82) is 0 Å². The molecule has 5 heteroatoms. The van der Waals surface area contributed by atoms with Gasteiger partial charge in [-0.15, -0.1) is 0 Å². The lowest BCUT2D eigenvalue weighted by molar-refractivity contribution is 0.740. The van der Waals surface area contributed by atoms with Crippen LogP contribution in [0, 0.1) is 0 Å². The van der Waals surface area contributed by atoms with Crippen molar-refractivity contribution in [3.63, 3.8) is 0 Å². The van der Waals surface area contributed by atoms with Crippen molar-refractivity contribution in [2.75, 3.05) is 0 Å². The van der Waals surface area contributed by atoms with E-state index in [1.165, 1.54) is 5.56 Å². The van der Waals surface area contributed by atoms with E-state index >= 15 is 0 Å². The maximum Gasteiger partial charge on any atom is 0.113 e. The van der Waals surface area contributed by atoms with Crippen LogP contribution in [0.4, 0.5) is 0 Å². The Morgan fingerprint density at radius 2 is 1.87 bits per heavy atom. The summed E-state index contributed by atoms with van der Waals surface area (Å²) in [6.07, 6.45) is 4.54. The van der Waals surface area contributed by atoms with E-state index in [0.29, 0.717) is 11.5 Å². The number of hydrogen-bond donors (Lipinski definition) is 1. The van der Waals surface area contributed by atoms with Crippen LogP contribution in [-0.2, 0) is 13.0 Å². The number of benzene rings is 2. The maximum absolute atomic E-state index is 5.93. The van der Waals surface area contributed by atoms with Gasteiger partial charge in [0.2, 0.25) is 0 Å². The van der Waals surface area contributed by atoms with Gasteiger partial charge in [-0.3, -0.25) is 0 Å². The average Bonchev–Trinajstić information content (AvgIpc) is 2.97. The summed E-state index contributed by atoms with van der Waals surface area (Å²) in [5.41, 5.74) is 8.99. The highest BCUT2D eigenvalue weighted by molar-refractivity contribution is 7.80. The van der Waals surface area contributed by atoms with Crippen LogP contribution in [0.15, 0.2) is 60.9 Å². The minimum Gasteiger partial charge on any atom is -0.389 e. The molecule has 116 valence electrons. The number of nitrogens with zero attached hydrogens (tertiary/aromatic N) is 2. The van der Waals surface area contributed by atoms with E-state index < -0.39 is 0 Å². The third-order valence-electron chi connectivity index (χ3n) is 3.70. The van der Waals surface area contributed by atoms with E-state index in [1.807, 2.05) is 60.9 Å². The zero-order valence-corrected chi connectivity index (χ0v) is 14.0. The molecule has 3 rings (SSSR count). The first-order chi connectivity index (χ1) is 11.1. The van der Waals surface area contributed by atoms with Crippen LogP contribution in [0.1, 0.15) is 22.5 Å². The van der Waals surface area contributed by atoms with Gasteiger partial charge in [-0.1, -0.05) is 60.2 Å². The second-order valence-corrected chi connectivity index (χ2v) is 6.17. The summed E-state index contributed by atoms with van der Waals surface area (Å²) in [7, 11) is 0. The lowest BCUT2D eigenvalue weighted by Crippen LogP contribution is -2.14. The lowest BCUT2D eigenvalue weighted by atomic mass is 10.1. The molecule has 0 saturated carbocycles. The second kappa shape index (κ2) is 6.94. The van der Waals surface area contributed by atoms with Gasteiger partial charge in [-0.05, 0) is 23.3 Å².